The normalized spacial score (nSPS) is 13.3. The van der Waals surface area contributed by atoms with E-state index in [1.54, 1.807) is 35.3 Å². The number of thioether (sulfide) groups is 3. The SMILES string of the molecule is C=C(/C=C\C(=C)C(F)(F)F)OCc1nc2ccc(-c3ccccc3C(O)C(SC)(SC)SC)cc2[nH]1. The lowest BCUT2D eigenvalue weighted by Gasteiger charge is -2.34. The molecule has 0 bridgehead atoms. The fourth-order valence-electron chi connectivity index (χ4n) is 3.57. The van der Waals surface area contributed by atoms with Crippen LogP contribution in [-0.2, 0) is 11.3 Å². The second kappa shape index (κ2) is 11.9. The summed E-state index contributed by atoms with van der Waals surface area (Å²) in [5.74, 6) is 0.565. The van der Waals surface area contributed by atoms with Crippen LogP contribution in [0.3, 0.4) is 0 Å². The molecule has 10 heteroatoms. The molecule has 1 unspecified atom stereocenters. The van der Waals surface area contributed by atoms with Crippen molar-refractivity contribution in [1.29, 1.82) is 0 Å². The number of allylic oxidation sites excluding steroid dienone is 3. The summed E-state index contributed by atoms with van der Waals surface area (Å²) in [7, 11) is 0. The summed E-state index contributed by atoms with van der Waals surface area (Å²) in [6.45, 7) is 6.60. The topological polar surface area (TPSA) is 58.1 Å². The van der Waals surface area contributed by atoms with Crippen molar-refractivity contribution < 1.29 is 23.0 Å². The van der Waals surface area contributed by atoms with Crippen LogP contribution in [0.4, 0.5) is 13.2 Å². The molecule has 0 amide bonds. The molecule has 0 saturated heterocycles. The number of rotatable bonds is 11. The largest absolute Gasteiger partial charge is 0.486 e. The Hall–Kier alpha value is -2.27. The smallest absolute Gasteiger partial charge is 0.415 e. The highest BCUT2D eigenvalue weighted by Gasteiger charge is 2.38. The fourth-order valence-corrected chi connectivity index (χ4v) is 6.62. The van der Waals surface area contributed by atoms with Gasteiger partial charge in [0.2, 0.25) is 0 Å². The number of aromatic amines is 1. The molecule has 1 aromatic heterocycles. The molecule has 2 aromatic carbocycles. The predicted molar refractivity (Wildman–Crippen MR) is 148 cm³/mol. The van der Waals surface area contributed by atoms with Crippen molar-refractivity contribution >= 4 is 46.3 Å². The molecular formula is C26H27F3N2O2S3. The Labute approximate surface area is 221 Å². The van der Waals surface area contributed by atoms with Crippen molar-refractivity contribution in [3.63, 3.8) is 0 Å². The predicted octanol–water partition coefficient (Wildman–Crippen LogP) is 7.71. The zero-order chi connectivity index (χ0) is 26.5. The lowest BCUT2D eigenvalue weighted by atomic mass is 9.96. The van der Waals surface area contributed by atoms with Crippen LogP contribution in [0.25, 0.3) is 22.2 Å². The second-order valence-corrected chi connectivity index (χ2v) is 11.7. The number of aliphatic hydroxyl groups is 1. The maximum absolute atomic E-state index is 12.6. The first-order valence-electron chi connectivity index (χ1n) is 10.7. The number of halogens is 3. The summed E-state index contributed by atoms with van der Waals surface area (Å²) >= 11 is 4.85. The van der Waals surface area contributed by atoms with Gasteiger partial charge in [-0.3, -0.25) is 0 Å². The number of hydrogen-bond donors (Lipinski definition) is 2. The van der Waals surface area contributed by atoms with Crippen molar-refractivity contribution in [2.24, 2.45) is 0 Å². The Kier molecular flexibility index (Phi) is 9.32. The number of hydrogen-bond acceptors (Lipinski definition) is 6. The van der Waals surface area contributed by atoms with Crippen LogP contribution < -0.4 is 0 Å². The third-order valence-corrected chi connectivity index (χ3v) is 10.9. The van der Waals surface area contributed by atoms with Crippen molar-refractivity contribution in [3.8, 4) is 11.1 Å². The van der Waals surface area contributed by atoms with E-state index in [1.807, 2.05) is 61.2 Å². The molecule has 2 N–H and O–H groups in total. The van der Waals surface area contributed by atoms with Crippen molar-refractivity contribution in [2.75, 3.05) is 18.8 Å². The lowest BCUT2D eigenvalue weighted by Crippen LogP contribution is -2.25. The highest BCUT2D eigenvalue weighted by atomic mass is 32.3. The molecule has 0 radical (unpaired) electrons. The van der Waals surface area contributed by atoms with Gasteiger partial charge in [-0.05, 0) is 59.7 Å². The van der Waals surface area contributed by atoms with Crippen LogP contribution in [0.15, 0.2) is 79.1 Å². The van der Waals surface area contributed by atoms with Gasteiger partial charge in [-0.25, -0.2) is 4.98 Å². The Balaban J connectivity index is 1.82. The Morgan fingerprint density at radius 2 is 1.75 bits per heavy atom. The van der Waals surface area contributed by atoms with Gasteiger partial charge in [0.25, 0.3) is 0 Å². The minimum atomic E-state index is -4.50. The molecule has 1 heterocycles. The molecular weight excluding hydrogens is 525 g/mol. The van der Waals surface area contributed by atoms with Crippen LogP contribution in [0, 0.1) is 0 Å². The maximum atomic E-state index is 12.6. The third-order valence-electron chi connectivity index (χ3n) is 5.51. The average molecular weight is 553 g/mol. The summed E-state index contributed by atoms with van der Waals surface area (Å²) in [5.41, 5.74) is 3.18. The van der Waals surface area contributed by atoms with Gasteiger partial charge in [-0.1, -0.05) is 43.5 Å². The molecule has 3 rings (SSSR count). The first kappa shape index (κ1) is 28.3. The van der Waals surface area contributed by atoms with Crippen LogP contribution >= 0.6 is 35.3 Å². The number of aliphatic hydroxyl groups excluding tert-OH is 1. The van der Waals surface area contributed by atoms with E-state index in [2.05, 4.69) is 23.1 Å². The summed E-state index contributed by atoms with van der Waals surface area (Å²) in [6, 6.07) is 13.6. The van der Waals surface area contributed by atoms with Crippen LogP contribution in [-0.4, -0.2) is 43.4 Å². The number of H-pyrrole nitrogens is 1. The summed E-state index contributed by atoms with van der Waals surface area (Å²) in [4.78, 5) is 7.68. The molecule has 1 atom stereocenters. The van der Waals surface area contributed by atoms with Gasteiger partial charge in [0.15, 0.2) is 0 Å². The van der Waals surface area contributed by atoms with E-state index >= 15 is 0 Å². The van der Waals surface area contributed by atoms with E-state index in [9.17, 15) is 18.3 Å². The third kappa shape index (κ3) is 6.34. The Bertz CT molecular complexity index is 1260. The van der Waals surface area contributed by atoms with E-state index in [1.165, 1.54) is 0 Å². The van der Waals surface area contributed by atoms with Crippen molar-refractivity contribution in [1.82, 2.24) is 9.97 Å². The summed E-state index contributed by atoms with van der Waals surface area (Å²) in [5, 5.41) is 11.4. The average Bonchev–Trinajstić information content (AvgIpc) is 3.29. The van der Waals surface area contributed by atoms with Gasteiger partial charge in [0.1, 0.15) is 27.7 Å². The van der Waals surface area contributed by atoms with E-state index in [0.29, 0.717) is 11.3 Å². The number of ether oxygens (including phenoxy) is 1. The molecule has 0 aliphatic heterocycles. The first-order valence-corrected chi connectivity index (χ1v) is 14.4. The summed E-state index contributed by atoms with van der Waals surface area (Å²) < 4.78 is 42.7. The molecule has 4 nitrogen and oxygen atoms in total. The molecule has 0 saturated carbocycles. The number of fused-ring (bicyclic) bond motifs is 1. The first-order chi connectivity index (χ1) is 17.0. The van der Waals surface area contributed by atoms with Gasteiger partial charge < -0.3 is 14.8 Å². The van der Waals surface area contributed by atoms with Crippen molar-refractivity contribution in [3.05, 3.63) is 90.5 Å². The van der Waals surface area contributed by atoms with Gasteiger partial charge in [-0.15, -0.1) is 35.3 Å². The zero-order valence-corrected chi connectivity index (χ0v) is 22.5. The molecule has 0 aliphatic carbocycles. The number of imidazole rings is 1. The van der Waals surface area contributed by atoms with Gasteiger partial charge in [0.05, 0.1) is 11.0 Å². The maximum Gasteiger partial charge on any atom is 0.415 e. The highest BCUT2D eigenvalue weighted by Crippen LogP contribution is 2.53. The quantitative estimate of drug-likeness (QED) is 0.144. The number of nitrogens with one attached hydrogen (secondary N) is 1. The minimum absolute atomic E-state index is 0.0126. The highest BCUT2D eigenvalue weighted by molar-refractivity contribution is 8.33. The number of aromatic nitrogens is 2. The minimum Gasteiger partial charge on any atom is -0.486 e. The van der Waals surface area contributed by atoms with Gasteiger partial charge in [0, 0.05) is 5.57 Å². The van der Waals surface area contributed by atoms with Crippen LogP contribution in [0.2, 0.25) is 0 Å². The number of benzene rings is 2. The molecule has 0 aliphatic rings. The summed E-state index contributed by atoms with van der Waals surface area (Å²) in [6.07, 6.45) is 2.73. The Morgan fingerprint density at radius 3 is 2.39 bits per heavy atom. The molecule has 0 spiro atoms. The molecule has 3 aromatic rings. The monoisotopic (exact) mass is 552 g/mol. The molecule has 36 heavy (non-hydrogen) atoms. The van der Waals surface area contributed by atoms with E-state index in [-0.39, 0.29) is 12.4 Å². The number of alkyl halides is 3. The number of nitrogens with zero attached hydrogens (tertiary/aromatic N) is 1. The van der Waals surface area contributed by atoms with E-state index in [4.69, 9.17) is 4.74 Å². The lowest BCUT2D eigenvalue weighted by molar-refractivity contribution is -0.0878. The molecule has 192 valence electrons. The van der Waals surface area contributed by atoms with Gasteiger partial charge in [-0.2, -0.15) is 13.2 Å². The van der Waals surface area contributed by atoms with Crippen molar-refractivity contribution in [2.45, 2.75) is 22.3 Å². The van der Waals surface area contributed by atoms with E-state index < -0.39 is 21.3 Å². The standard InChI is InChI=1S/C26H27F3N2O2S3/c1-16(25(27,28)29)10-11-17(2)33-15-23-30-21-13-12-18(14-22(21)31-23)19-8-6-7-9-20(19)24(32)26(34-3,35-4)36-5/h6-14,24,32H,1-2,15H2,3-5H3,(H,30,31)/b11-10-. The fraction of sp³-hybridized carbons (Fsp3) is 0.269. The van der Waals surface area contributed by atoms with Crippen LogP contribution in [0.1, 0.15) is 17.5 Å². The van der Waals surface area contributed by atoms with E-state index in [0.717, 1.165) is 34.4 Å². The second-order valence-electron chi connectivity index (χ2n) is 7.73. The molecule has 0 fully saturated rings. The van der Waals surface area contributed by atoms with Gasteiger partial charge >= 0.3 is 6.18 Å². The zero-order valence-electron chi connectivity index (χ0n) is 20.1. The van der Waals surface area contributed by atoms with Crippen LogP contribution in [0.5, 0.6) is 0 Å². The Morgan fingerprint density at radius 1 is 1.08 bits per heavy atom.